The predicted molar refractivity (Wildman–Crippen MR) is 152 cm³/mol. The standard InChI is InChI=1S/C29H34ClFN2O7S/c1-28(2,3)40-27(36)32-22-18-41(37,38)25-9-6-20(24(34)10-11-29(31)12-14-39-15-13-29)16-23(25)33(26(22)35)17-19-4-7-21(30)8-5-19/h4-9,16,22H,10-15,17-18H2,1-3H3,(H,32,36)/t22-/m0/s1. The van der Waals surface area contributed by atoms with E-state index in [1.165, 1.54) is 23.1 Å². The lowest BCUT2D eigenvalue weighted by molar-refractivity contribution is -0.120. The molecule has 1 atom stereocenters. The molecule has 2 aliphatic rings. The van der Waals surface area contributed by atoms with E-state index in [1.54, 1.807) is 45.0 Å². The molecule has 2 aromatic carbocycles. The van der Waals surface area contributed by atoms with E-state index in [0.29, 0.717) is 23.8 Å². The zero-order valence-electron chi connectivity index (χ0n) is 23.2. The van der Waals surface area contributed by atoms with E-state index >= 15 is 4.39 Å². The highest BCUT2D eigenvalue weighted by atomic mass is 35.5. The van der Waals surface area contributed by atoms with Crippen LogP contribution in [0.25, 0.3) is 0 Å². The van der Waals surface area contributed by atoms with Gasteiger partial charge in [-0.3, -0.25) is 9.59 Å². The average Bonchev–Trinajstić information content (AvgIpc) is 2.96. The predicted octanol–water partition coefficient (Wildman–Crippen LogP) is 5.04. The molecule has 2 heterocycles. The summed E-state index contributed by atoms with van der Waals surface area (Å²) in [5, 5.41) is 2.89. The number of anilines is 1. The summed E-state index contributed by atoms with van der Waals surface area (Å²) in [7, 11) is -4.10. The van der Waals surface area contributed by atoms with Crippen LogP contribution < -0.4 is 10.2 Å². The highest BCUT2D eigenvalue weighted by Crippen LogP contribution is 2.35. The number of halogens is 2. The van der Waals surface area contributed by atoms with E-state index in [1.807, 2.05) is 0 Å². The van der Waals surface area contributed by atoms with Crippen LogP contribution in [-0.4, -0.2) is 62.5 Å². The van der Waals surface area contributed by atoms with Crippen molar-refractivity contribution in [3.05, 3.63) is 58.6 Å². The SMILES string of the molecule is CC(C)(C)OC(=O)N[C@H]1CS(=O)(=O)c2ccc(C(=O)CCC3(F)CCOCC3)cc2N(Cc2ccc(Cl)cc2)C1=O. The third-order valence-corrected chi connectivity index (χ3v) is 9.03. The number of sulfone groups is 1. The number of alkyl halides is 1. The van der Waals surface area contributed by atoms with Crippen LogP contribution in [0, 0.1) is 0 Å². The molecule has 41 heavy (non-hydrogen) atoms. The molecule has 12 heteroatoms. The van der Waals surface area contributed by atoms with Gasteiger partial charge < -0.3 is 19.7 Å². The second-order valence-corrected chi connectivity index (χ2v) is 13.8. The smallest absolute Gasteiger partial charge is 0.408 e. The molecule has 4 rings (SSSR count). The van der Waals surface area contributed by atoms with Crippen molar-refractivity contribution in [3.8, 4) is 0 Å². The van der Waals surface area contributed by atoms with Gasteiger partial charge in [-0.2, -0.15) is 0 Å². The highest BCUT2D eigenvalue weighted by molar-refractivity contribution is 7.91. The van der Waals surface area contributed by atoms with Gasteiger partial charge in [0.25, 0.3) is 5.91 Å². The minimum atomic E-state index is -4.10. The van der Waals surface area contributed by atoms with Crippen molar-refractivity contribution < 1.29 is 36.7 Å². The second-order valence-electron chi connectivity index (χ2n) is 11.4. The van der Waals surface area contributed by atoms with Gasteiger partial charge in [0.15, 0.2) is 15.6 Å². The van der Waals surface area contributed by atoms with Gasteiger partial charge in [0.2, 0.25) is 0 Å². The van der Waals surface area contributed by atoms with Crippen LogP contribution in [0.3, 0.4) is 0 Å². The Morgan fingerprint density at radius 2 is 1.80 bits per heavy atom. The third-order valence-electron chi connectivity index (χ3n) is 6.99. The Kier molecular flexibility index (Phi) is 9.10. The third kappa shape index (κ3) is 7.84. The minimum Gasteiger partial charge on any atom is -0.444 e. The van der Waals surface area contributed by atoms with E-state index in [4.69, 9.17) is 21.1 Å². The molecule has 9 nitrogen and oxygen atoms in total. The molecule has 0 saturated carbocycles. The van der Waals surface area contributed by atoms with Crippen molar-refractivity contribution in [3.63, 3.8) is 0 Å². The number of rotatable bonds is 7. The Bertz CT molecular complexity index is 1420. The lowest BCUT2D eigenvalue weighted by Crippen LogP contribution is -2.51. The Morgan fingerprint density at radius 1 is 1.15 bits per heavy atom. The van der Waals surface area contributed by atoms with E-state index < -0.39 is 44.9 Å². The lowest BCUT2D eigenvalue weighted by atomic mass is 9.89. The maximum atomic E-state index is 15.1. The van der Waals surface area contributed by atoms with Crippen molar-refractivity contribution in [2.75, 3.05) is 23.9 Å². The van der Waals surface area contributed by atoms with Crippen LogP contribution in [0.15, 0.2) is 47.4 Å². The lowest BCUT2D eigenvalue weighted by Gasteiger charge is -2.29. The number of nitrogens with zero attached hydrogens (tertiary/aromatic N) is 1. The number of fused-ring (bicyclic) bond motifs is 1. The molecule has 1 saturated heterocycles. The van der Waals surface area contributed by atoms with Gasteiger partial charge in [-0.05, 0) is 63.1 Å². The van der Waals surface area contributed by atoms with Gasteiger partial charge in [0.1, 0.15) is 17.3 Å². The maximum absolute atomic E-state index is 15.1. The Balaban J connectivity index is 1.69. The van der Waals surface area contributed by atoms with E-state index in [2.05, 4.69) is 5.32 Å². The van der Waals surface area contributed by atoms with Crippen molar-refractivity contribution in [2.45, 2.75) is 75.2 Å². The van der Waals surface area contributed by atoms with Crippen LogP contribution in [0.4, 0.5) is 14.9 Å². The maximum Gasteiger partial charge on any atom is 0.408 e. The largest absolute Gasteiger partial charge is 0.444 e. The molecular formula is C29H34ClFN2O7S. The summed E-state index contributed by atoms with van der Waals surface area (Å²) < 4.78 is 52.5. The van der Waals surface area contributed by atoms with Gasteiger partial charge in [-0.15, -0.1) is 0 Å². The molecule has 1 fully saturated rings. The molecule has 1 N–H and O–H groups in total. The molecule has 0 bridgehead atoms. The molecule has 0 aromatic heterocycles. The number of benzene rings is 2. The first-order chi connectivity index (χ1) is 19.2. The fourth-order valence-corrected chi connectivity index (χ4v) is 6.54. The number of ketones is 1. The fourth-order valence-electron chi connectivity index (χ4n) is 4.81. The number of carbonyl (C=O) groups is 3. The summed E-state index contributed by atoms with van der Waals surface area (Å²) in [6, 6.07) is 9.22. The van der Waals surface area contributed by atoms with E-state index in [9.17, 15) is 22.8 Å². The number of ether oxygens (including phenoxy) is 2. The zero-order chi connectivity index (χ0) is 30.0. The minimum absolute atomic E-state index is 0.00492. The first-order valence-electron chi connectivity index (χ1n) is 13.4. The van der Waals surface area contributed by atoms with Crippen LogP contribution >= 0.6 is 11.6 Å². The Morgan fingerprint density at radius 3 is 2.44 bits per heavy atom. The quantitative estimate of drug-likeness (QED) is 0.438. The summed E-state index contributed by atoms with van der Waals surface area (Å²) in [5.74, 6) is -1.77. The first kappa shape index (κ1) is 30.9. The number of nitrogens with one attached hydrogen (secondary N) is 1. The van der Waals surface area contributed by atoms with Crippen LogP contribution in [0.2, 0.25) is 5.02 Å². The molecule has 0 radical (unpaired) electrons. The first-order valence-corrected chi connectivity index (χ1v) is 15.4. The van der Waals surface area contributed by atoms with Crippen LogP contribution in [-0.2, 0) is 30.7 Å². The fraction of sp³-hybridized carbons (Fsp3) is 0.483. The summed E-state index contributed by atoms with van der Waals surface area (Å²) in [5.41, 5.74) is -1.58. The van der Waals surface area contributed by atoms with Gasteiger partial charge in [0, 0.05) is 43.1 Å². The van der Waals surface area contributed by atoms with Crippen LogP contribution in [0.1, 0.15) is 62.4 Å². The van der Waals surface area contributed by atoms with Gasteiger partial charge >= 0.3 is 6.09 Å². The topological polar surface area (TPSA) is 119 Å². The van der Waals surface area contributed by atoms with Crippen molar-refractivity contribution in [1.29, 1.82) is 0 Å². The summed E-state index contributed by atoms with van der Waals surface area (Å²) in [4.78, 5) is 40.6. The molecule has 0 spiro atoms. The molecule has 2 aliphatic heterocycles. The summed E-state index contributed by atoms with van der Waals surface area (Å²) in [6.07, 6.45) is -0.598. The number of carbonyl (C=O) groups excluding carboxylic acids is 3. The Labute approximate surface area is 244 Å². The second kappa shape index (κ2) is 12.1. The molecule has 0 unspecified atom stereocenters. The summed E-state index contributed by atoms with van der Waals surface area (Å²) >= 11 is 6.02. The number of alkyl carbamates (subject to hydrolysis) is 1. The molecule has 222 valence electrons. The molecule has 0 aliphatic carbocycles. The number of hydrogen-bond acceptors (Lipinski definition) is 7. The molecular weight excluding hydrogens is 575 g/mol. The monoisotopic (exact) mass is 608 g/mol. The van der Waals surface area contributed by atoms with Gasteiger partial charge in [-0.1, -0.05) is 23.7 Å². The highest BCUT2D eigenvalue weighted by Gasteiger charge is 2.40. The molecule has 2 aromatic rings. The zero-order valence-corrected chi connectivity index (χ0v) is 24.8. The van der Waals surface area contributed by atoms with E-state index in [0.717, 1.165) is 0 Å². The molecule has 2 amide bonds. The number of Topliss-reactive ketones (excluding diaryl/α,β-unsaturated/α-hetero) is 1. The summed E-state index contributed by atoms with van der Waals surface area (Å²) in [6.45, 7) is 5.46. The van der Waals surface area contributed by atoms with Crippen LogP contribution in [0.5, 0.6) is 0 Å². The number of amides is 2. The van der Waals surface area contributed by atoms with Crippen molar-refractivity contribution in [2.24, 2.45) is 0 Å². The van der Waals surface area contributed by atoms with E-state index in [-0.39, 0.29) is 54.2 Å². The van der Waals surface area contributed by atoms with Gasteiger partial charge in [-0.25, -0.2) is 17.6 Å². The average molecular weight is 609 g/mol. The van der Waals surface area contributed by atoms with Gasteiger partial charge in [0.05, 0.1) is 22.9 Å². The van der Waals surface area contributed by atoms with Crippen molar-refractivity contribution >= 4 is 44.9 Å². The normalized spacial score (nSPS) is 20.1. The Hall–Kier alpha value is -3.02. The number of hydrogen-bond donors (Lipinski definition) is 1. The van der Waals surface area contributed by atoms with Crippen molar-refractivity contribution in [1.82, 2.24) is 5.32 Å².